The first-order valence-corrected chi connectivity index (χ1v) is 8.91. The number of aromatic nitrogens is 1. The summed E-state index contributed by atoms with van der Waals surface area (Å²) < 4.78 is 6.05. The maximum atomic E-state index is 12.8. The first-order chi connectivity index (χ1) is 11.9. The van der Waals surface area contributed by atoms with Crippen LogP contribution in [0.15, 0.2) is 33.3 Å². The minimum atomic E-state index is -0.635. The third kappa shape index (κ3) is 3.46. The predicted octanol–water partition coefficient (Wildman–Crippen LogP) is 3.07. The Bertz CT molecular complexity index is 798. The van der Waals surface area contributed by atoms with Gasteiger partial charge in [0.1, 0.15) is 11.7 Å². The van der Waals surface area contributed by atoms with E-state index in [2.05, 4.69) is 21.1 Å². The second-order valence-corrected chi connectivity index (χ2v) is 7.22. The quantitative estimate of drug-likeness (QED) is 0.733. The number of rotatable bonds is 4. The van der Waals surface area contributed by atoms with E-state index in [0.29, 0.717) is 25.3 Å². The number of halogens is 1. The highest BCUT2D eigenvalue weighted by atomic mass is 79.9. The van der Waals surface area contributed by atoms with Crippen molar-refractivity contribution >= 4 is 33.4 Å². The normalized spacial score (nSPS) is 17.2. The lowest BCUT2D eigenvalue weighted by atomic mass is 10.1. The highest BCUT2D eigenvalue weighted by Gasteiger charge is 2.39. The van der Waals surface area contributed by atoms with Gasteiger partial charge in [0.25, 0.3) is 0 Å². The van der Waals surface area contributed by atoms with Gasteiger partial charge < -0.3 is 14.3 Å². The summed E-state index contributed by atoms with van der Waals surface area (Å²) in [6, 6.07) is 7.55. The van der Waals surface area contributed by atoms with Gasteiger partial charge >= 0.3 is 0 Å². The SMILES string of the molecule is Cc1noc(C)c1CN(C)C(=O)C1CCN(c2cccc(Br)c2)C1=O. The van der Waals surface area contributed by atoms with Crippen LogP contribution in [0.5, 0.6) is 0 Å². The Labute approximate surface area is 154 Å². The Morgan fingerprint density at radius 1 is 1.44 bits per heavy atom. The van der Waals surface area contributed by atoms with Crippen LogP contribution >= 0.6 is 15.9 Å². The van der Waals surface area contributed by atoms with Crippen LogP contribution in [0, 0.1) is 19.8 Å². The summed E-state index contributed by atoms with van der Waals surface area (Å²) in [4.78, 5) is 28.8. The molecule has 1 unspecified atom stereocenters. The lowest BCUT2D eigenvalue weighted by Crippen LogP contribution is -2.37. The van der Waals surface area contributed by atoms with Crippen molar-refractivity contribution in [1.29, 1.82) is 0 Å². The molecule has 2 amide bonds. The Kier molecular flexibility index (Phi) is 4.94. The zero-order chi connectivity index (χ0) is 18.1. The summed E-state index contributed by atoms with van der Waals surface area (Å²) in [6.45, 7) is 4.61. The topological polar surface area (TPSA) is 66.7 Å². The molecule has 132 valence electrons. The summed E-state index contributed by atoms with van der Waals surface area (Å²) >= 11 is 3.42. The minimum Gasteiger partial charge on any atom is -0.361 e. The standard InChI is InChI=1S/C18H20BrN3O3/c1-11-16(12(2)25-20-11)10-21(3)17(23)15-7-8-22(18(15)24)14-6-4-5-13(19)9-14/h4-6,9,15H,7-8,10H2,1-3H3. The van der Waals surface area contributed by atoms with Crippen molar-refractivity contribution in [2.75, 3.05) is 18.5 Å². The van der Waals surface area contributed by atoms with Crippen molar-refractivity contribution in [3.8, 4) is 0 Å². The first kappa shape index (κ1) is 17.7. The molecule has 0 N–H and O–H groups in total. The zero-order valence-corrected chi connectivity index (χ0v) is 16.0. The van der Waals surface area contributed by atoms with Gasteiger partial charge in [0, 0.05) is 29.3 Å². The van der Waals surface area contributed by atoms with Crippen molar-refractivity contribution in [1.82, 2.24) is 10.1 Å². The molecule has 1 aliphatic rings. The van der Waals surface area contributed by atoms with E-state index >= 15 is 0 Å². The number of aryl methyl sites for hydroxylation is 2. The van der Waals surface area contributed by atoms with Crippen LogP contribution in [0.3, 0.4) is 0 Å². The molecule has 7 heteroatoms. The Balaban J connectivity index is 1.72. The molecule has 1 saturated heterocycles. The smallest absolute Gasteiger partial charge is 0.239 e. The van der Waals surface area contributed by atoms with Gasteiger partial charge in [-0.15, -0.1) is 0 Å². The van der Waals surface area contributed by atoms with Crippen LogP contribution in [0.1, 0.15) is 23.4 Å². The van der Waals surface area contributed by atoms with Gasteiger partial charge in [-0.25, -0.2) is 0 Å². The summed E-state index contributed by atoms with van der Waals surface area (Å²) in [5, 5.41) is 3.91. The van der Waals surface area contributed by atoms with E-state index in [9.17, 15) is 9.59 Å². The number of carbonyl (C=O) groups is 2. The van der Waals surface area contributed by atoms with Crippen LogP contribution < -0.4 is 4.90 Å². The molecule has 1 aromatic carbocycles. The summed E-state index contributed by atoms with van der Waals surface area (Å²) in [6.07, 6.45) is 0.524. The van der Waals surface area contributed by atoms with Gasteiger partial charge in [0.05, 0.1) is 12.2 Å². The molecule has 1 fully saturated rings. The summed E-state index contributed by atoms with van der Waals surface area (Å²) in [5.74, 6) is -0.244. The molecule has 25 heavy (non-hydrogen) atoms. The van der Waals surface area contributed by atoms with Gasteiger partial charge in [-0.05, 0) is 38.5 Å². The lowest BCUT2D eigenvalue weighted by Gasteiger charge is -2.21. The minimum absolute atomic E-state index is 0.145. The summed E-state index contributed by atoms with van der Waals surface area (Å²) in [5.41, 5.74) is 2.47. The molecule has 0 saturated carbocycles. The highest BCUT2D eigenvalue weighted by Crippen LogP contribution is 2.28. The van der Waals surface area contributed by atoms with Gasteiger partial charge in [0.15, 0.2) is 0 Å². The van der Waals surface area contributed by atoms with E-state index < -0.39 is 5.92 Å². The second-order valence-electron chi connectivity index (χ2n) is 6.31. The van der Waals surface area contributed by atoms with Crippen molar-refractivity contribution in [3.05, 3.63) is 45.8 Å². The Morgan fingerprint density at radius 3 is 2.84 bits per heavy atom. The van der Waals surface area contributed by atoms with E-state index in [1.807, 2.05) is 38.1 Å². The zero-order valence-electron chi connectivity index (χ0n) is 14.5. The maximum absolute atomic E-state index is 12.8. The van der Waals surface area contributed by atoms with E-state index in [4.69, 9.17) is 4.52 Å². The molecule has 1 aromatic heterocycles. The third-order valence-corrected chi connectivity index (χ3v) is 5.07. The van der Waals surface area contributed by atoms with Crippen molar-refractivity contribution in [2.45, 2.75) is 26.8 Å². The van der Waals surface area contributed by atoms with Crippen molar-refractivity contribution < 1.29 is 14.1 Å². The fourth-order valence-electron chi connectivity index (χ4n) is 3.12. The number of amides is 2. The first-order valence-electron chi connectivity index (χ1n) is 8.12. The third-order valence-electron chi connectivity index (χ3n) is 4.58. The second kappa shape index (κ2) is 7.00. The number of carbonyl (C=O) groups excluding carboxylic acids is 2. The van der Waals surface area contributed by atoms with Gasteiger partial charge in [-0.2, -0.15) is 0 Å². The monoisotopic (exact) mass is 405 g/mol. The van der Waals surface area contributed by atoms with Gasteiger partial charge in [-0.1, -0.05) is 27.2 Å². The van der Waals surface area contributed by atoms with E-state index in [1.54, 1.807) is 16.8 Å². The number of nitrogens with zero attached hydrogens (tertiary/aromatic N) is 3. The maximum Gasteiger partial charge on any atom is 0.239 e. The van der Waals surface area contributed by atoms with Crippen LogP contribution in [0.25, 0.3) is 0 Å². The van der Waals surface area contributed by atoms with E-state index in [0.717, 1.165) is 21.4 Å². The molecule has 1 aliphatic heterocycles. The fraction of sp³-hybridized carbons (Fsp3) is 0.389. The molecule has 0 radical (unpaired) electrons. The fourth-order valence-corrected chi connectivity index (χ4v) is 3.51. The molecule has 0 bridgehead atoms. The molecular weight excluding hydrogens is 386 g/mol. The lowest BCUT2D eigenvalue weighted by molar-refractivity contribution is -0.139. The number of hydrogen-bond acceptors (Lipinski definition) is 4. The number of anilines is 1. The number of hydrogen-bond donors (Lipinski definition) is 0. The molecule has 6 nitrogen and oxygen atoms in total. The van der Waals surface area contributed by atoms with Crippen molar-refractivity contribution in [2.24, 2.45) is 5.92 Å². The molecular formula is C18H20BrN3O3. The van der Waals surface area contributed by atoms with Crippen LogP contribution in [-0.2, 0) is 16.1 Å². The molecule has 1 atom stereocenters. The Morgan fingerprint density at radius 2 is 2.20 bits per heavy atom. The van der Waals surface area contributed by atoms with Crippen molar-refractivity contribution in [3.63, 3.8) is 0 Å². The molecule has 3 rings (SSSR count). The van der Waals surface area contributed by atoms with Crippen LogP contribution in [0.4, 0.5) is 5.69 Å². The van der Waals surface area contributed by atoms with Gasteiger partial charge in [-0.3, -0.25) is 9.59 Å². The molecule has 0 aliphatic carbocycles. The van der Waals surface area contributed by atoms with Gasteiger partial charge in [0.2, 0.25) is 11.8 Å². The summed E-state index contributed by atoms with van der Waals surface area (Å²) in [7, 11) is 1.71. The molecule has 2 aromatic rings. The van der Waals surface area contributed by atoms with Crippen LogP contribution in [0.2, 0.25) is 0 Å². The molecule has 0 spiro atoms. The van der Waals surface area contributed by atoms with E-state index in [-0.39, 0.29) is 11.8 Å². The predicted molar refractivity (Wildman–Crippen MR) is 97.1 cm³/mol. The number of benzene rings is 1. The average molecular weight is 406 g/mol. The average Bonchev–Trinajstić information content (AvgIpc) is 3.11. The largest absolute Gasteiger partial charge is 0.361 e. The molecule has 2 heterocycles. The van der Waals surface area contributed by atoms with Crippen LogP contribution in [-0.4, -0.2) is 35.5 Å². The van der Waals surface area contributed by atoms with E-state index in [1.165, 1.54) is 0 Å². The highest BCUT2D eigenvalue weighted by molar-refractivity contribution is 9.10. The Hall–Kier alpha value is -2.15.